The van der Waals surface area contributed by atoms with Crippen LogP contribution in [0.15, 0.2) is 24.3 Å². The first-order valence-electron chi connectivity index (χ1n) is 24.5. The molecule has 3 aliphatic rings. The van der Waals surface area contributed by atoms with Gasteiger partial charge >= 0.3 is 0 Å². The van der Waals surface area contributed by atoms with Gasteiger partial charge in [-0.2, -0.15) is 0 Å². The Morgan fingerprint density at radius 1 is 0.783 bits per heavy atom. The zero-order chi connectivity index (χ0) is 50.9. The number of hydrogen-bond donors (Lipinski definition) is 11. The minimum atomic E-state index is -1.91. The second-order valence-corrected chi connectivity index (χ2v) is 19.2. The van der Waals surface area contributed by atoms with Gasteiger partial charge in [-0.05, 0) is 37.0 Å². The summed E-state index contributed by atoms with van der Waals surface area (Å²) in [6, 6.07) is -4.78. The van der Waals surface area contributed by atoms with Crippen molar-refractivity contribution in [3.05, 3.63) is 29.8 Å². The van der Waals surface area contributed by atoms with Crippen molar-refractivity contribution in [2.24, 2.45) is 11.8 Å². The summed E-state index contributed by atoms with van der Waals surface area (Å²) in [5.41, 5.74) is 0.397. The zero-order valence-corrected chi connectivity index (χ0v) is 40.3. The van der Waals surface area contributed by atoms with E-state index in [9.17, 15) is 69.0 Å². The van der Waals surface area contributed by atoms with Crippen molar-refractivity contribution in [2.45, 2.75) is 178 Å². The molecule has 0 bridgehead atoms. The highest BCUT2D eigenvalue weighted by atomic mass is 16.3. The van der Waals surface area contributed by atoms with Crippen LogP contribution in [0.1, 0.15) is 117 Å². The molecule has 3 heterocycles. The standard InChI is InChI=1S/C48H75N7O14/c1-5-27(2)14-12-10-8-6-7-9-11-13-15-38(62)50-34-21-32(59)23-49-46(67)41-42(63)28(3)24-55(41)47(68)35(26-56)51-45(66)40(37(61)20-30-16-18-31(58)19-17-30)53-44(65)36-22-33(60)25-54(36)48(69)39(29(4)57)52-43(34)64/h16-19,27-29,33-37,39-42,56-58,60-61,63H,5-15,20-26H2,1-4H3,(H,49,67)(H,50,62)(H,51,66)(H,52,64)(H,53,65)/t27?,28-,29+,33+,34-,35-,36-,37+,39-,40-,41-,42-/m0/s1. The predicted octanol–water partition coefficient (Wildman–Crippen LogP) is -1.19. The Morgan fingerprint density at radius 2 is 1.41 bits per heavy atom. The van der Waals surface area contributed by atoms with Crippen LogP contribution in [-0.4, -0.2) is 174 Å². The molecule has 3 saturated heterocycles. The zero-order valence-electron chi connectivity index (χ0n) is 40.3. The topological polar surface area (TPSA) is 325 Å². The van der Waals surface area contributed by atoms with Crippen LogP contribution < -0.4 is 26.6 Å². The molecule has 0 aromatic heterocycles. The molecular formula is C48H75N7O14. The number of phenolic OH excluding ortho intramolecular Hbond substituents is 1. The Kier molecular flexibility index (Phi) is 22.3. The van der Waals surface area contributed by atoms with E-state index < -0.39 is 140 Å². The highest BCUT2D eigenvalue weighted by Gasteiger charge is 2.48. The molecule has 21 nitrogen and oxygen atoms in total. The molecule has 3 fully saturated rings. The Bertz CT molecular complexity index is 1920. The SMILES string of the molecule is CCC(C)CCCCCCCCCCC(=O)N[C@H]1CC(=O)CNC(=O)[C@@H]2[C@@H](O)[C@@H](C)CN2C(=O)[C@H](CO)NC(=O)[C@H]([C@H](O)Cc2ccc(O)cc2)NC(=O)[C@@H]2C[C@@H](O)CN2C(=O)[C@H]([C@@H](C)O)NC1=O. The van der Waals surface area contributed by atoms with Crippen molar-refractivity contribution in [3.8, 4) is 5.75 Å². The van der Waals surface area contributed by atoms with Crippen LogP contribution >= 0.6 is 0 Å². The van der Waals surface area contributed by atoms with Crippen LogP contribution in [0.5, 0.6) is 5.75 Å². The summed E-state index contributed by atoms with van der Waals surface area (Å²) < 4.78 is 0. The number of aromatic hydroxyl groups is 1. The van der Waals surface area contributed by atoms with Gasteiger partial charge in [-0.25, -0.2) is 0 Å². The smallest absolute Gasteiger partial charge is 0.248 e. The molecule has 69 heavy (non-hydrogen) atoms. The Morgan fingerprint density at radius 3 is 2.03 bits per heavy atom. The average molecular weight is 974 g/mol. The number of nitrogens with one attached hydrogen (secondary N) is 5. The first-order valence-corrected chi connectivity index (χ1v) is 24.5. The predicted molar refractivity (Wildman–Crippen MR) is 249 cm³/mol. The first kappa shape index (κ1) is 56.4. The highest BCUT2D eigenvalue weighted by Crippen LogP contribution is 2.26. The molecule has 4 rings (SSSR count). The van der Waals surface area contributed by atoms with Gasteiger partial charge in [0.25, 0.3) is 0 Å². The number of rotatable bonds is 18. The van der Waals surface area contributed by atoms with Crippen molar-refractivity contribution in [1.29, 1.82) is 0 Å². The summed E-state index contributed by atoms with van der Waals surface area (Å²) in [7, 11) is 0. The highest BCUT2D eigenvalue weighted by molar-refractivity contribution is 6.00. The van der Waals surface area contributed by atoms with Crippen LogP contribution in [-0.2, 0) is 44.8 Å². The maximum Gasteiger partial charge on any atom is 0.248 e. The molecule has 0 aliphatic carbocycles. The molecule has 0 radical (unpaired) electrons. The number of aliphatic hydroxyl groups is 5. The van der Waals surface area contributed by atoms with Gasteiger partial charge in [-0.15, -0.1) is 0 Å². The monoisotopic (exact) mass is 974 g/mol. The number of carbonyl (C=O) groups is 8. The average Bonchev–Trinajstić information content (AvgIpc) is 3.85. The van der Waals surface area contributed by atoms with Gasteiger partial charge in [-0.1, -0.05) is 90.7 Å². The molecule has 386 valence electrons. The van der Waals surface area contributed by atoms with Crippen LogP contribution in [0.25, 0.3) is 0 Å². The van der Waals surface area contributed by atoms with Crippen LogP contribution in [0.2, 0.25) is 0 Å². The molecule has 1 aromatic carbocycles. The molecule has 1 aromatic rings. The summed E-state index contributed by atoms with van der Waals surface area (Å²) in [4.78, 5) is 113. The van der Waals surface area contributed by atoms with E-state index in [1.807, 2.05) is 0 Å². The van der Waals surface area contributed by atoms with Crippen molar-refractivity contribution < 1.29 is 69.0 Å². The van der Waals surface area contributed by atoms with Crippen molar-refractivity contribution >= 4 is 47.1 Å². The number of hydrogen-bond acceptors (Lipinski definition) is 14. The molecule has 21 heteroatoms. The fraction of sp³-hybridized carbons (Fsp3) is 0.708. The summed E-state index contributed by atoms with van der Waals surface area (Å²) >= 11 is 0. The molecule has 1 unspecified atom stereocenters. The van der Waals surface area contributed by atoms with E-state index in [2.05, 4.69) is 40.4 Å². The van der Waals surface area contributed by atoms with Crippen molar-refractivity contribution in [3.63, 3.8) is 0 Å². The van der Waals surface area contributed by atoms with Crippen LogP contribution in [0.4, 0.5) is 0 Å². The second-order valence-electron chi connectivity index (χ2n) is 19.2. The van der Waals surface area contributed by atoms with E-state index in [1.54, 1.807) is 6.92 Å². The third kappa shape index (κ3) is 16.4. The third-order valence-corrected chi connectivity index (χ3v) is 13.4. The lowest BCUT2D eigenvalue weighted by Gasteiger charge is -2.32. The molecule has 3 aliphatic heterocycles. The van der Waals surface area contributed by atoms with Gasteiger partial charge in [0, 0.05) is 44.7 Å². The number of benzene rings is 1. The number of Topliss-reactive ketones (excluding diaryl/α,β-unsaturated/α-hetero) is 1. The Hall–Kier alpha value is -5.22. The summed E-state index contributed by atoms with van der Waals surface area (Å²) in [5.74, 6) is -7.84. The largest absolute Gasteiger partial charge is 0.508 e. The number of amides is 7. The van der Waals surface area contributed by atoms with Gasteiger partial charge in [0.05, 0.1) is 37.6 Å². The number of fused-ring (bicyclic) bond motifs is 2. The lowest BCUT2D eigenvalue weighted by atomic mass is 9.99. The quantitative estimate of drug-likeness (QED) is 0.0772. The molecular weight excluding hydrogens is 899 g/mol. The second kappa shape index (κ2) is 27.2. The van der Waals surface area contributed by atoms with Crippen molar-refractivity contribution in [1.82, 2.24) is 36.4 Å². The van der Waals surface area contributed by atoms with E-state index in [0.717, 1.165) is 47.8 Å². The third-order valence-electron chi connectivity index (χ3n) is 13.4. The number of carbonyl (C=O) groups excluding carboxylic acids is 8. The van der Waals surface area contributed by atoms with Crippen molar-refractivity contribution in [2.75, 3.05) is 26.2 Å². The Labute approximate surface area is 403 Å². The molecule has 7 amide bonds. The van der Waals surface area contributed by atoms with E-state index in [0.29, 0.717) is 12.0 Å². The fourth-order valence-corrected chi connectivity index (χ4v) is 9.01. The van der Waals surface area contributed by atoms with Crippen LogP contribution in [0.3, 0.4) is 0 Å². The van der Waals surface area contributed by atoms with E-state index >= 15 is 0 Å². The lowest BCUT2D eigenvalue weighted by molar-refractivity contribution is -0.146. The van der Waals surface area contributed by atoms with Gasteiger partial charge in [0.1, 0.15) is 42.0 Å². The van der Waals surface area contributed by atoms with Gasteiger partial charge in [-0.3, -0.25) is 38.4 Å². The fourth-order valence-electron chi connectivity index (χ4n) is 9.01. The number of phenols is 1. The number of unbranched alkanes of at least 4 members (excludes halogenated alkanes) is 7. The number of ketones is 1. The van der Waals surface area contributed by atoms with Gasteiger partial charge < -0.3 is 67.0 Å². The number of nitrogens with zero attached hydrogens (tertiary/aromatic N) is 2. The van der Waals surface area contributed by atoms with Gasteiger partial charge in [0.15, 0.2) is 5.78 Å². The van der Waals surface area contributed by atoms with E-state index in [-0.39, 0.29) is 31.6 Å². The van der Waals surface area contributed by atoms with E-state index in [4.69, 9.17) is 0 Å². The summed E-state index contributed by atoms with van der Waals surface area (Å²) in [6.45, 7) is 4.69. The maximum absolute atomic E-state index is 14.2. The minimum Gasteiger partial charge on any atom is -0.508 e. The Balaban J connectivity index is 1.61. The normalized spacial score (nSPS) is 28.1. The van der Waals surface area contributed by atoms with Crippen LogP contribution in [0, 0.1) is 11.8 Å². The maximum atomic E-state index is 14.2. The summed E-state index contributed by atoms with van der Waals surface area (Å²) in [5, 5.41) is 76.4. The lowest BCUT2D eigenvalue weighted by Crippen LogP contribution is -2.63. The van der Waals surface area contributed by atoms with Gasteiger partial charge in [0.2, 0.25) is 41.4 Å². The molecule has 11 N–H and O–H groups in total. The minimum absolute atomic E-state index is 0.00325. The molecule has 0 saturated carbocycles. The first-order chi connectivity index (χ1) is 32.7. The number of aliphatic hydroxyl groups excluding tert-OH is 5. The molecule has 0 spiro atoms. The van der Waals surface area contributed by atoms with E-state index in [1.165, 1.54) is 56.9 Å². The molecule has 12 atom stereocenters. The summed E-state index contributed by atoms with van der Waals surface area (Å²) in [6.07, 6.45) is 2.54.